The van der Waals surface area contributed by atoms with Gasteiger partial charge in [-0.25, -0.2) is 9.48 Å². The number of benzene rings is 2. The maximum Gasteiger partial charge on any atom is 0.416 e. The van der Waals surface area contributed by atoms with Crippen LogP contribution in [0.3, 0.4) is 0 Å². The van der Waals surface area contributed by atoms with E-state index in [4.69, 9.17) is 9.47 Å². The second-order valence-electron chi connectivity index (χ2n) is 5.60. The number of rotatable bonds is 5. The van der Waals surface area contributed by atoms with Crippen molar-refractivity contribution in [1.82, 2.24) is 9.78 Å². The molecule has 0 saturated heterocycles. The molecule has 2 aromatic carbocycles. The first-order valence-electron chi connectivity index (χ1n) is 7.91. The van der Waals surface area contributed by atoms with E-state index >= 15 is 0 Å². The van der Waals surface area contributed by atoms with Gasteiger partial charge in [0.1, 0.15) is 6.61 Å². The molecule has 0 aliphatic carbocycles. The lowest BCUT2D eigenvalue weighted by molar-refractivity contribution is -0.137. The average molecular weight is 376 g/mol. The third-order valence-corrected chi connectivity index (χ3v) is 3.74. The van der Waals surface area contributed by atoms with Crippen LogP contribution in [0.25, 0.3) is 5.69 Å². The van der Waals surface area contributed by atoms with Crippen molar-refractivity contribution in [3.8, 4) is 11.4 Å². The Morgan fingerprint density at radius 3 is 2.52 bits per heavy atom. The van der Waals surface area contributed by atoms with E-state index in [0.29, 0.717) is 5.69 Å². The van der Waals surface area contributed by atoms with Crippen LogP contribution in [0, 0.1) is 0 Å². The number of carbonyl (C=O) groups is 1. The summed E-state index contributed by atoms with van der Waals surface area (Å²) in [6, 6.07) is 13.7. The molecule has 0 N–H and O–H groups in total. The summed E-state index contributed by atoms with van der Waals surface area (Å²) in [4.78, 5) is 12.3. The molecule has 0 bridgehead atoms. The van der Waals surface area contributed by atoms with Crippen molar-refractivity contribution in [3.63, 3.8) is 0 Å². The number of carbonyl (C=O) groups excluding carboxylic acids is 1. The largest absolute Gasteiger partial charge is 0.493 e. The predicted molar refractivity (Wildman–Crippen MR) is 90.7 cm³/mol. The molecule has 0 aliphatic rings. The Morgan fingerprint density at radius 2 is 1.85 bits per heavy atom. The maximum absolute atomic E-state index is 12.8. The van der Waals surface area contributed by atoms with Crippen LogP contribution in [-0.2, 0) is 17.5 Å². The van der Waals surface area contributed by atoms with E-state index in [0.717, 1.165) is 12.1 Å². The minimum atomic E-state index is -4.46. The Kier molecular flexibility index (Phi) is 5.16. The third kappa shape index (κ3) is 4.28. The number of halogens is 3. The summed E-state index contributed by atoms with van der Waals surface area (Å²) in [6.45, 7) is -0.315. The Morgan fingerprint density at radius 1 is 1.11 bits per heavy atom. The van der Waals surface area contributed by atoms with Gasteiger partial charge in [0.05, 0.1) is 24.6 Å². The summed E-state index contributed by atoms with van der Waals surface area (Å²) in [7, 11) is 1.38. The van der Waals surface area contributed by atoms with Gasteiger partial charge in [-0.2, -0.15) is 18.3 Å². The van der Waals surface area contributed by atoms with Gasteiger partial charge in [-0.3, -0.25) is 0 Å². The normalized spacial score (nSPS) is 11.3. The number of aromatic nitrogens is 2. The molecule has 3 rings (SSSR count). The zero-order valence-electron chi connectivity index (χ0n) is 14.2. The maximum atomic E-state index is 12.8. The van der Waals surface area contributed by atoms with Gasteiger partial charge in [0.15, 0.2) is 5.75 Å². The number of hydrogen-bond donors (Lipinski definition) is 0. The summed E-state index contributed by atoms with van der Waals surface area (Å²) in [5.41, 5.74) is 0.0719. The van der Waals surface area contributed by atoms with Gasteiger partial charge in [0, 0.05) is 0 Å². The van der Waals surface area contributed by atoms with Crippen molar-refractivity contribution in [1.29, 1.82) is 0 Å². The zero-order valence-corrected chi connectivity index (χ0v) is 14.2. The van der Waals surface area contributed by atoms with Gasteiger partial charge in [-0.1, -0.05) is 30.3 Å². The first-order valence-corrected chi connectivity index (χ1v) is 7.91. The van der Waals surface area contributed by atoms with Crippen molar-refractivity contribution in [2.45, 2.75) is 12.8 Å². The number of ether oxygens (including phenoxy) is 2. The molecular weight excluding hydrogens is 361 g/mol. The topological polar surface area (TPSA) is 53.4 Å². The zero-order chi connectivity index (χ0) is 19.4. The van der Waals surface area contributed by atoms with Crippen LogP contribution >= 0.6 is 0 Å². The minimum Gasteiger partial charge on any atom is -0.493 e. The van der Waals surface area contributed by atoms with Gasteiger partial charge < -0.3 is 9.47 Å². The van der Waals surface area contributed by atoms with E-state index in [1.54, 1.807) is 12.1 Å². The molecule has 0 atom stereocenters. The Bertz CT molecular complexity index is 937. The molecule has 27 heavy (non-hydrogen) atoms. The highest BCUT2D eigenvalue weighted by molar-refractivity contribution is 5.90. The molecule has 8 heteroatoms. The van der Waals surface area contributed by atoms with Gasteiger partial charge in [0.2, 0.25) is 5.69 Å². The monoisotopic (exact) mass is 376 g/mol. The number of alkyl halides is 3. The molecule has 0 fully saturated rings. The minimum absolute atomic E-state index is 0.0617. The SMILES string of the molecule is COc1cn(-c2ccccc2)nc1C(=O)OCc1cccc(C(F)(F)F)c1. The smallest absolute Gasteiger partial charge is 0.416 e. The van der Waals surface area contributed by atoms with Gasteiger partial charge in [-0.15, -0.1) is 0 Å². The van der Waals surface area contributed by atoms with Crippen LogP contribution in [0.2, 0.25) is 0 Å². The van der Waals surface area contributed by atoms with Gasteiger partial charge in [0.25, 0.3) is 0 Å². The number of para-hydroxylation sites is 1. The first kappa shape index (κ1) is 18.5. The Labute approximate surface area is 152 Å². The Hall–Kier alpha value is -3.29. The third-order valence-electron chi connectivity index (χ3n) is 3.74. The van der Waals surface area contributed by atoms with Crippen LogP contribution in [0.5, 0.6) is 5.75 Å². The van der Waals surface area contributed by atoms with Gasteiger partial charge in [-0.05, 0) is 29.8 Å². The highest BCUT2D eigenvalue weighted by Crippen LogP contribution is 2.29. The lowest BCUT2D eigenvalue weighted by Gasteiger charge is -2.09. The molecule has 0 saturated carbocycles. The molecule has 1 aromatic heterocycles. The second kappa shape index (κ2) is 7.53. The highest BCUT2D eigenvalue weighted by atomic mass is 19.4. The fraction of sp³-hybridized carbons (Fsp3) is 0.158. The molecule has 0 aliphatic heterocycles. The lowest BCUT2D eigenvalue weighted by atomic mass is 10.1. The molecule has 0 spiro atoms. The molecule has 0 amide bonds. The van der Waals surface area contributed by atoms with Crippen LogP contribution in [0.4, 0.5) is 13.2 Å². The Balaban J connectivity index is 1.76. The molecule has 3 aromatic rings. The molecule has 0 unspecified atom stereocenters. The van der Waals surface area contributed by atoms with E-state index in [9.17, 15) is 18.0 Å². The number of nitrogens with zero attached hydrogens (tertiary/aromatic N) is 2. The standard InChI is InChI=1S/C19H15F3N2O3/c1-26-16-11-24(15-8-3-2-4-9-15)23-17(16)18(25)27-12-13-6-5-7-14(10-13)19(20,21)22/h2-11H,12H2,1H3. The molecule has 0 radical (unpaired) electrons. The van der Waals surface area contributed by atoms with Crippen molar-refractivity contribution in [2.24, 2.45) is 0 Å². The summed E-state index contributed by atoms with van der Waals surface area (Å²) in [5, 5.41) is 4.16. The van der Waals surface area contributed by atoms with Gasteiger partial charge >= 0.3 is 12.1 Å². The summed E-state index contributed by atoms with van der Waals surface area (Å²) < 4.78 is 50.0. The molecule has 140 valence electrons. The average Bonchev–Trinajstić information content (AvgIpc) is 3.11. The van der Waals surface area contributed by atoms with Crippen molar-refractivity contribution in [2.75, 3.05) is 7.11 Å². The first-order chi connectivity index (χ1) is 12.9. The predicted octanol–water partition coefficient (Wildman–Crippen LogP) is 4.26. The molecule has 1 heterocycles. The highest BCUT2D eigenvalue weighted by Gasteiger charge is 2.30. The summed E-state index contributed by atoms with van der Waals surface area (Å²) in [5.74, 6) is -0.591. The number of esters is 1. The van der Waals surface area contributed by atoms with E-state index in [-0.39, 0.29) is 23.6 Å². The number of methoxy groups -OCH3 is 1. The van der Waals surface area contributed by atoms with Crippen molar-refractivity contribution in [3.05, 3.63) is 77.6 Å². The van der Waals surface area contributed by atoms with Crippen LogP contribution < -0.4 is 4.74 Å². The van der Waals surface area contributed by atoms with E-state index in [1.165, 1.54) is 30.1 Å². The van der Waals surface area contributed by atoms with E-state index < -0.39 is 17.7 Å². The summed E-state index contributed by atoms with van der Waals surface area (Å²) >= 11 is 0. The fourth-order valence-electron chi connectivity index (χ4n) is 2.42. The van der Waals surface area contributed by atoms with Crippen molar-refractivity contribution < 1.29 is 27.4 Å². The van der Waals surface area contributed by atoms with Crippen LogP contribution in [0.15, 0.2) is 60.8 Å². The lowest BCUT2D eigenvalue weighted by Crippen LogP contribution is -2.09. The number of hydrogen-bond acceptors (Lipinski definition) is 4. The fourth-order valence-corrected chi connectivity index (χ4v) is 2.42. The molecule has 5 nitrogen and oxygen atoms in total. The quantitative estimate of drug-likeness (QED) is 0.625. The van der Waals surface area contributed by atoms with E-state index in [2.05, 4.69) is 5.10 Å². The second-order valence-corrected chi connectivity index (χ2v) is 5.60. The van der Waals surface area contributed by atoms with Crippen LogP contribution in [0.1, 0.15) is 21.6 Å². The van der Waals surface area contributed by atoms with E-state index in [1.807, 2.05) is 18.2 Å². The summed E-state index contributed by atoms with van der Waals surface area (Å²) in [6.07, 6.45) is -2.94. The molecular formula is C19H15F3N2O3. The van der Waals surface area contributed by atoms with Crippen LogP contribution in [-0.4, -0.2) is 22.9 Å². The van der Waals surface area contributed by atoms with Crippen molar-refractivity contribution >= 4 is 5.97 Å².